The first kappa shape index (κ1) is 35.7. The molecule has 0 aliphatic carbocycles. The second-order valence-electron chi connectivity index (χ2n) is 12.0. The molecule has 2 aromatic heterocycles. The minimum Gasteiger partial charge on any atom is -1.00 e. The molecule has 1 amide bonds. The zero-order valence-electron chi connectivity index (χ0n) is 27.3. The third-order valence-corrected chi connectivity index (χ3v) is 8.26. The number of hydrogen-bond acceptors (Lipinski definition) is 9. The molecule has 3 heterocycles. The number of amides is 1. The molecule has 11 nitrogen and oxygen atoms in total. The second-order valence-corrected chi connectivity index (χ2v) is 12.0. The Morgan fingerprint density at radius 1 is 1.04 bits per heavy atom. The van der Waals surface area contributed by atoms with Gasteiger partial charge in [-0.15, -0.1) is 0 Å². The molecule has 1 saturated heterocycles. The molecule has 1 fully saturated rings. The SMILES string of the molecule is CCC(C)OC(=O)OC[N+]1(C)CCN(Cc2ccc(C(=O)Nc3ccc(C)c(Nc4nccc(-c5cccnc5)n4)c3)cc2)CC1.[I-]. The number of carbonyl (C=O) groups excluding carboxylic acids is 2. The molecule has 1 unspecified atom stereocenters. The Morgan fingerprint density at radius 3 is 2.51 bits per heavy atom. The van der Waals surface area contributed by atoms with Crippen LogP contribution in [0.3, 0.4) is 0 Å². The van der Waals surface area contributed by atoms with Crippen molar-refractivity contribution in [1.29, 1.82) is 0 Å². The molecule has 0 saturated carbocycles. The largest absolute Gasteiger partial charge is 1.00 e. The molecule has 248 valence electrons. The normalized spacial score (nSPS) is 14.7. The van der Waals surface area contributed by atoms with Crippen LogP contribution in [0.2, 0.25) is 0 Å². The van der Waals surface area contributed by atoms with E-state index in [2.05, 4.69) is 37.5 Å². The van der Waals surface area contributed by atoms with Gasteiger partial charge < -0.3 is 44.1 Å². The van der Waals surface area contributed by atoms with Crippen molar-refractivity contribution in [2.75, 3.05) is 50.6 Å². The van der Waals surface area contributed by atoms with Crippen LogP contribution in [0.25, 0.3) is 11.3 Å². The number of rotatable bonds is 11. The van der Waals surface area contributed by atoms with Crippen molar-refractivity contribution >= 4 is 29.4 Å². The van der Waals surface area contributed by atoms with Gasteiger partial charge in [0, 0.05) is 60.7 Å². The van der Waals surface area contributed by atoms with Crippen LogP contribution in [0, 0.1) is 6.92 Å². The van der Waals surface area contributed by atoms with Crippen LogP contribution in [-0.2, 0) is 16.0 Å². The number of aromatic nitrogens is 3. The zero-order chi connectivity index (χ0) is 32.5. The Bertz CT molecular complexity index is 1630. The monoisotopic (exact) mass is 751 g/mol. The van der Waals surface area contributed by atoms with Gasteiger partial charge >= 0.3 is 6.16 Å². The maximum atomic E-state index is 13.1. The Hall–Kier alpha value is -4.14. The molecule has 0 spiro atoms. The molecule has 1 aliphatic heterocycles. The third kappa shape index (κ3) is 10.2. The standard InChI is InChI=1S/C35H41N7O4.HI/c1-5-26(3)46-35(44)45-24-42(4)19-17-41(18-20-42)23-27-9-11-28(12-10-27)33(43)38-30-13-8-25(2)32(21-30)40-34-37-16-14-31(39-34)29-7-6-15-36-22-29;/h6-16,21-22,26H,5,17-20,23-24H2,1-4H3,(H-,37,38,39,40,43);1H. The number of nitrogens with one attached hydrogen (secondary N) is 2. The summed E-state index contributed by atoms with van der Waals surface area (Å²) >= 11 is 0. The van der Waals surface area contributed by atoms with E-state index >= 15 is 0 Å². The predicted molar refractivity (Wildman–Crippen MR) is 178 cm³/mol. The van der Waals surface area contributed by atoms with Crippen molar-refractivity contribution in [3.63, 3.8) is 0 Å². The number of likely N-dealkylation sites (N-methyl/N-ethyl adjacent to an activating group) is 1. The van der Waals surface area contributed by atoms with Crippen molar-refractivity contribution in [2.24, 2.45) is 0 Å². The van der Waals surface area contributed by atoms with Gasteiger partial charge in [0.2, 0.25) is 12.7 Å². The maximum absolute atomic E-state index is 13.1. The van der Waals surface area contributed by atoms with E-state index in [1.54, 1.807) is 18.6 Å². The van der Waals surface area contributed by atoms with Crippen LogP contribution in [-0.4, -0.2) is 82.5 Å². The van der Waals surface area contributed by atoms with Crippen LogP contribution in [0.15, 0.2) is 79.3 Å². The zero-order valence-corrected chi connectivity index (χ0v) is 29.4. The van der Waals surface area contributed by atoms with E-state index in [9.17, 15) is 9.59 Å². The molecule has 47 heavy (non-hydrogen) atoms. The van der Waals surface area contributed by atoms with Gasteiger partial charge in [-0.25, -0.2) is 14.8 Å². The smallest absolute Gasteiger partial charge is 0.512 e. The number of benzene rings is 2. The number of halogens is 1. The topological polar surface area (TPSA) is 119 Å². The molecule has 1 atom stereocenters. The Morgan fingerprint density at radius 2 is 1.81 bits per heavy atom. The maximum Gasteiger partial charge on any atom is 0.512 e. The van der Waals surface area contributed by atoms with Crippen molar-refractivity contribution in [3.8, 4) is 11.3 Å². The summed E-state index contributed by atoms with van der Waals surface area (Å²) < 4.78 is 11.3. The summed E-state index contributed by atoms with van der Waals surface area (Å²) in [6.07, 6.45) is 5.20. The van der Waals surface area contributed by atoms with Gasteiger partial charge in [-0.1, -0.05) is 25.1 Å². The van der Waals surface area contributed by atoms with Gasteiger partial charge in [-0.2, -0.15) is 0 Å². The number of hydrogen-bond donors (Lipinski definition) is 2. The van der Waals surface area contributed by atoms with Crippen molar-refractivity contribution in [3.05, 3.63) is 95.9 Å². The van der Waals surface area contributed by atoms with E-state index in [1.165, 1.54) is 0 Å². The van der Waals surface area contributed by atoms with Crippen LogP contribution in [0.1, 0.15) is 41.8 Å². The highest BCUT2D eigenvalue weighted by atomic mass is 127. The quantitative estimate of drug-likeness (QED) is 0.136. The molecular weight excluding hydrogens is 709 g/mol. The van der Waals surface area contributed by atoms with E-state index in [4.69, 9.17) is 9.47 Å². The lowest BCUT2D eigenvalue weighted by molar-refractivity contribution is -0.929. The molecule has 1 aliphatic rings. The lowest BCUT2D eigenvalue weighted by Crippen LogP contribution is -3.00. The number of nitrogens with zero attached hydrogens (tertiary/aromatic N) is 5. The number of piperazine rings is 1. The molecule has 0 bridgehead atoms. The van der Waals surface area contributed by atoms with Crippen LogP contribution >= 0.6 is 0 Å². The molecule has 0 radical (unpaired) electrons. The van der Waals surface area contributed by atoms with Crippen molar-refractivity contribution in [1.82, 2.24) is 19.9 Å². The highest BCUT2D eigenvalue weighted by Gasteiger charge is 2.30. The summed E-state index contributed by atoms with van der Waals surface area (Å²) in [5.41, 5.74) is 5.83. The number of carbonyl (C=O) groups is 2. The molecule has 2 aromatic carbocycles. The molecule has 2 N–H and O–H groups in total. The highest BCUT2D eigenvalue weighted by Crippen LogP contribution is 2.25. The summed E-state index contributed by atoms with van der Waals surface area (Å²) in [6.45, 7) is 10.4. The van der Waals surface area contributed by atoms with Gasteiger partial charge in [0.15, 0.2) is 0 Å². The van der Waals surface area contributed by atoms with E-state index in [0.717, 1.165) is 67.2 Å². The number of quaternary nitrogens is 1. The number of aryl methyl sites for hydroxylation is 1. The van der Waals surface area contributed by atoms with Crippen LogP contribution in [0.5, 0.6) is 0 Å². The van der Waals surface area contributed by atoms with Crippen LogP contribution in [0.4, 0.5) is 22.1 Å². The van der Waals surface area contributed by atoms with Crippen LogP contribution < -0.4 is 34.6 Å². The summed E-state index contributed by atoms with van der Waals surface area (Å²) in [5, 5.41) is 6.29. The van der Waals surface area contributed by atoms with E-state index < -0.39 is 6.16 Å². The van der Waals surface area contributed by atoms with E-state index in [-0.39, 0.29) is 36.0 Å². The van der Waals surface area contributed by atoms with E-state index in [1.807, 2.05) is 81.4 Å². The fourth-order valence-corrected chi connectivity index (χ4v) is 5.04. The first-order chi connectivity index (χ1) is 22.2. The fourth-order valence-electron chi connectivity index (χ4n) is 5.04. The first-order valence-electron chi connectivity index (χ1n) is 15.6. The molecule has 5 rings (SSSR count). The Balaban J connectivity index is 0.00000500. The molecular formula is C35H42IN7O4. The van der Waals surface area contributed by atoms with Crippen molar-refractivity contribution < 1.29 is 47.5 Å². The Kier molecular flexibility index (Phi) is 12.6. The number of ether oxygens (including phenoxy) is 2. The average Bonchev–Trinajstić information content (AvgIpc) is 3.07. The number of pyridine rings is 1. The van der Waals surface area contributed by atoms with Gasteiger partial charge in [0.25, 0.3) is 5.91 Å². The lowest BCUT2D eigenvalue weighted by atomic mass is 10.1. The first-order valence-corrected chi connectivity index (χ1v) is 15.6. The summed E-state index contributed by atoms with van der Waals surface area (Å²) in [6, 6.07) is 19.1. The highest BCUT2D eigenvalue weighted by molar-refractivity contribution is 6.04. The second kappa shape index (κ2) is 16.6. The predicted octanol–water partition coefficient (Wildman–Crippen LogP) is 3.02. The minimum atomic E-state index is -0.600. The summed E-state index contributed by atoms with van der Waals surface area (Å²) in [4.78, 5) is 40.6. The average molecular weight is 752 g/mol. The third-order valence-electron chi connectivity index (χ3n) is 8.26. The fraction of sp³-hybridized carbons (Fsp3) is 0.343. The molecule has 4 aromatic rings. The van der Waals surface area contributed by atoms with E-state index in [0.29, 0.717) is 28.4 Å². The Labute approximate surface area is 293 Å². The summed E-state index contributed by atoms with van der Waals surface area (Å²) in [5.74, 6) is 0.268. The summed E-state index contributed by atoms with van der Waals surface area (Å²) in [7, 11) is 2.10. The van der Waals surface area contributed by atoms with Gasteiger partial charge in [0.1, 0.15) is 6.10 Å². The molecule has 12 heteroatoms. The number of anilines is 3. The van der Waals surface area contributed by atoms with Gasteiger partial charge in [0.05, 0.1) is 25.8 Å². The lowest BCUT2D eigenvalue weighted by Gasteiger charge is -2.41. The van der Waals surface area contributed by atoms with Gasteiger partial charge in [-0.05, 0) is 73.9 Å². The van der Waals surface area contributed by atoms with Gasteiger partial charge in [-0.3, -0.25) is 19.2 Å². The minimum absolute atomic E-state index is 0. The van der Waals surface area contributed by atoms with Crippen molar-refractivity contribution in [2.45, 2.75) is 39.8 Å².